The van der Waals surface area contributed by atoms with E-state index in [-0.39, 0.29) is 28.5 Å². The molecule has 7 nitrogen and oxygen atoms in total. The van der Waals surface area contributed by atoms with Crippen molar-refractivity contribution in [3.05, 3.63) is 17.5 Å². The molecule has 0 aliphatic carbocycles. The Balaban J connectivity index is 1.77. The van der Waals surface area contributed by atoms with E-state index in [9.17, 15) is 18.0 Å². The third kappa shape index (κ3) is 6.90. The van der Waals surface area contributed by atoms with Gasteiger partial charge < -0.3 is 10.2 Å². The fourth-order valence-electron chi connectivity index (χ4n) is 3.08. The highest BCUT2D eigenvalue weighted by Crippen LogP contribution is 2.18. The molecular formula is C18H29N3O4S2. The van der Waals surface area contributed by atoms with Crippen LogP contribution in [0.3, 0.4) is 0 Å². The zero-order chi connectivity index (χ0) is 19.7. The lowest BCUT2D eigenvalue weighted by Crippen LogP contribution is -2.48. The minimum Gasteiger partial charge on any atom is -0.356 e. The largest absolute Gasteiger partial charge is 0.356 e. The van der Waals surface area contributed by atoms with E-state index < -0.39 is 10.0 Å². The molecule has 27 heavy (non-hydrogen) atoms. The number of unbranched alkanes of at least 4 members (excludes halogenated alkanes) is 3. The minimum absolute atomic E-state index is 0.0110. The second-order valence-corrected chi connectivity index (χ2v) is 9.73. The summed E-state index contributed by atoms with van der Waals surface area (Å²) >= 11 is 1.11. The molecule has 2 rings (SSSR count). The predicted octanol–water partition coefficient (Wildman–Crippen LogP) is 1.96. The minimum atomic E-state index is -3.66. The van der Waals surface area contributed by atoms with Crippen LogP contribution in [0.4, 0.5) is 0 Å². The smallest absolute Gasteiger partial charge is 0.250 e. The fraction of sp³-hybridized carbons (Fsp3) is 0.667. The van der Waals surface area contributed by atoms with Gasteiger partial charge in [0, 0.05) is 19.6 Å². The van der Waals surface area contributed by atoms with Gasteiger partial charge >= 0.3 is 0 Å². The lowest BCUT2D eigenvalue weighted by atomic mass is 9.97. The number of nitrogens with one attached hydrogen (secondary N) is 2. The Kier molecular flexibility index (Phi) is 8.72. The van der Waals surface area contributed by atoms with E-state index in [0.717, 1.165) is 43.4 Å². The van der Waals surface area contributed by atoms with Crippen LogP contribution in [0.5, 0.6) is 0 Å². The molecule has 0 saturated carbocycles. The number of sulfonamides is 1. The van der Waals surface area contributed by atoms with Crippen LogP contribution in [0.2, 0.25) is 0 Å². The molecule has 1 atom stereocenters. The second kappa shape index (κ2) is 10.8. The van der Waals surface area contributed by atoms with Gasteiger partial charge in [-0.05, 0) is 30.7 Å². The predicted molar refractivity (Wildman–Crippen MR) is 106 cm³/mol. The number of amides is 2. The normalized spacial score (nSPS) is 17.7. The van der Waals surface area contributed by atoms with E-state index in [0.29, 0.717) is 19.6 Å². The summed E-state index contributed by atoms with van der Waals surface area (Å²) < 4.78 is 26.8. The van der Waals surface area contributed by atoms with Crippen LogP contribution in [0.25, 0.3) is 0 Å². The van der Waals surface area contributed by atoms with Crippen molar-refractivity contribution in [2.75, 3.05) is 26.2 Å². The van der Waals surface area contributed by atoms with Crippen LogP contribution >= 0.6 is 11.3 Å². The highest BCUT2D eigenvalue weighted by atomic mass is 32.2. The van der Waals surface area contributed by atoms with Crippen molar-refractivity contribution < 1.29 is 18.0 Å². The maximum absolute atomic E-state index is 12.4. The van der Waals surface area contributed by atoms with Gasteiger partial charge in [0.25, 0.3) is 10.0 Å². The van der Waals surface area contributed by atoms with E-state index in [1.807, 2.05) is 0 Å². The second-order valence-electron chi connectivity index (χ2n) is 6.79. The zero-order valence-corrected chi connectivity index (χ0v) is 17.4. The number of carbonyl (C=O) groups is 2. The molecule has 2 amide bonds. The lowest BCUT2D eigenvalue weighted by Gasteiger charge is -2.32. The molecule has 1 fully saturated rings. The lowest BCUT2D eigenvalue weighted by molar-refractivity contribution is -0.134. The van der Waals surface area contributed by atoms with Gasteiger partial charge in [-0.15, -0.1) is 11.3 Å². The summed E-state index contributed by atoms with van der Waals surface area (Å²) in [6.45, 7) is 3.43. The molecule has 2 heterocycles. The molecule has 1 aromatic heterocycles. The average Bonchev–Trinajstić information content (AvgIpc) is 3.22. The molecule has 152 valence electrons. The van der Waals surface area contributed by atoms with Gasteiger partial charge in [-0.2, -0.15) is 0 Å². The summed E-state index contributed by atoms with van der Waals surface area (Å²) in [5, 5.41) is 4.63. The van der Waals surface area contributed by atoms with Crippen molar-refractivity contribution in [2.45, 2.75) is 49.7 Å². The first-order valence-electron chi connectivity index (χ1n) is 9.52. The Morgan fingerprint density at radius 1 is 1.30 bits per heavy atom. The van der Waals surface area contributed by atoms with Crippen molar-refractivity contribution in [1.29, 1.82) is 0 Å². The molecule has 1 unspecified atom stereocenters. The van der Waals surface area contributed by atoms with Crippen LogP contribution in [0, 0.1) is 5.92 Å². The van der Waals surface area contributed by atoms with Gasteiger partial charge in [0.2, 0.25) is 11.8 Å². The van der Waals surface area contributed by atoms with Gasteiger partial charge in [-0.3, -0.25) is 9.59 Å². The van der Waals surface area contributed by atoms with Crippen molar-refractivity contribution >= 4 is 33.2 Å². The van der Waals surface area contributed by atoms with E-state index in [1.165, 1.54) is 12.5 Å². The molecule has 1 aliphatic heterocycles. The molecule has 1 saturated heterocycles. The summed E-state index contributed by atoms with van der Waals surface area (Å²) in [5.41, 5.74) is 0. The first-order chi connectivity index (χ1) is 12.9. The highest BCUT2D eigenvalue weighted by molar-refractivity contribution is 7.91. The van der Waals surface area contributed by atoms with Gasteiger partial charge in [0.1, 0.15) is 4.21 Å². The number of thiophene rings is 1. The Morgan fingerprint density at radius 2 is 2.11 bits per heavy atom. The summed E-state index contributed by atoms with van der Waals surface area (Å²) in [4.78, 5) is 26.3. The molecule has 0 spiro atoms. The molecule has 9 heteroatoms. The number of rotatable bonds is 10. The first-order valence-corrected chi connectivity index (χ1v) is 11.9. The number of piperidine rings is 1. The maximum atomic E-state index is 12.4. The number of nitrogens with zero attached hydrogens (tertiary/aromatic N) is 1. The fourth-order valence-corrected chi connectivity index (χ4v) is 5.09. The zero-order valence-electron chi connectivity index (χ0n) is 15.8. The number of likely N-dealkylation sites (tertiary alicyclic amines) is 1. The Labute approximate surface area is 165 Å². The summed E-state index contributed by atoms with van der Waals surface area (Å²) in [5.74, 6) is -0.526. The Hall–Kier alpha value is -1.45. The van der Waals surface area contributed by atoms with Gasteiger partial charge in [-0.25, -0.2) is 13.1 Å². The van der Waals surface area contributed by atoms with Crippen molar-refractivity contribution in [3.8, 4) is 0 Å². The van der Waals surface area contributed by atoms with Crippen molar-refractivity contribution in [2.24, 2.45) is 5.92 Å². The van der Waals surface area contributed by atoms with Crippen LogP contribution in [-0.4, -0.2) is 51.3 Å². The Bertz CT molecular complexity index is 704. The van der Waals surface area contributed by atoms with E-state index in [2.05, 4.69) is 17.0 Å². The monoisotopic (exact) mass is 415 g/mol. The molecule has 1 aromatic rings. The third-order valence-electron chi connectivity index (χ3n) is 4.65. The molecule has 0 bridgehead atoms. The Morgan fingerprint density at radius 3 is 2.81 bits per heavy atom. The standard InChI is InChI=1S/C18H29N3O4S2/c1-2-3-4-5-10-19-18(23)15-8-6-11-21(14-15)16(22)13-20-27(24,25)17-9-7-12-26-17/h7,9,12,15,20H,2-6,8,10-11,13-14H2,1H3,(H,19,23). The summed E-state index contributed by atoms with van der Waals surface area (Å²) in [7, 11) is -3.66. The quantitative estimate of drug-likeness (QED) is 0.571. The number of hydrogen-bond donors (Lipinski definition) is 2. The molecule has 0 radical (unpaired) electrons. The highest BCUT2D eigenvalue weighted by Gasteiger charge is 2.28. The van der Waals surface area contributed by atoms with Gasteiger partial charge in [-0.1, -0.05) is 32.3 Å². The van der Waals surface area contributed by atoms with Crippen LogP contribution < -0.4 is 10.0 Å². The molecular weight excluding hydrogens is 386 g/mol. The molecule has 2 N–H and O–H groups in total. The summed E-state index contributed by atoms with van der Waals surface area (Å²) in [6.07, 6.45) is 5.91. The van der Waals surface area contributed by atoms with E-state index in [4.69, 9.17) is 0 Å². The molecule has 0 aromatic carbocycles. The van der Waals surface area contributed by atoms with Crippen molar-refractivity contribution in [1.82, 2.24) is 14.9 Å². The third-order valence-corrected chi connectivity index (χ3v) is 7.45. The number of carbonyl (C=O) groups excluding carboxylic acids is 2. The van der Waals surface area contributed by atoms with E-state index >= 15 is 0 Å². The van der Waals surface area contributed by atoms with Gasteiger partial charge in [0.05, 0.1) is 12.5 Å². The number of hydrogen-bond acceptors (Lipinski definition) is 5. The summed E-state index contributed by atoms with van der Waals surface area (Å²) in [6, 6.07) is 3.15. The SMILES string of the molecule is CCCCCCNC(=O)C1CCCN(C(=O)CNS(=O)(=O)c2cccs2)C1. The molecule has 1 aliphatic rings. The average molecular weight is 416 g/mol. The maximum Gasteiger partial charge on any atom is 0.250 e. The van der Waals surface area contributed by atoms with E-state index in [1.54, 1.807) is 16.3 Å². The van der Waals surface area contributed by atoms with Crippen molar-refractivity contribution in [3.63, 3.8) is 0 Å². The van der Waals surface area contributed by atoms with Crippen LogP contribution in [0.1, 0.15) is 45.4 Å². The van der Waals surface area contributed by atoms with Crippen LogP contribution in [-0.2, 0) is 19.6 Å². The topological polar surface area (TPSA) is 95.6 Å². The first kappa shape index (κ1) is 21.8. The van der Waals surface area contributed by atoms with Gasteiger partial charge in [0.15, 0.2) is 0 Å². The van der Waals surface area contributed by atoms with Crippen LogP contribution in [0.15, 0.2) is 21.7 Å².